The predicted molar refractivity (Wildman–Crippen MR) is 81.0 cm³/mol. The Morgan fingerprint density at radius 3 is 2.50 bits per heavy atom. The Balaban J connectivity index is 1.88. The van der Waals surface area contributed by atoms with Gasteiger partial charge in [-0.1, -0.05) is 19.8 Å². The summed E-state index contributed by atoms with van der Waals surface area (Å²) in [5, 5.41) is 5.71. The van der Waals surface area contributed by atoms with Gasteiger partial charge >= 0.3 is 0 Å². The van der Waals surface area contributed by atoms with E-state index in [2.05, 4.69) is 22.3 Å². The second-order valence-corrected chi connectivity index (χ2v) is 5.76. The van der Waals surface area contributed by atoms with Crippen LogP contribution in [0.4, 0.5) is 14.5 Å². The molecule has 0 bridgehead atoms. The van der Waals surface area contributed by atoms with Crippen LogP contribution in [0.5, 0.6) is 5.75 Å². The first kappa shape index (κ1) is 16.5. The fourth-order valence-corrected chi connectivity index (χ4v) is 2.83. The smallest absolute Gasteiger partial charge is 0.239 e. The van der Waals surface area contributed by atoms with Gasteiger partial charge in [0.25, 0.3) is 0 Å². The highest BCUT2D eigenvalue weighted by molar-refractivity contribution is 5.81. The van der Waals surface area contributed by atoms with Crippen molar-refractivity contribution in [3.63, 3.8) is 0 Å². The highest BCUT2D eigenvalue weighted by Gasteiger charge is 2.22. The number of nitrogens with one attached hydrogen (secondary N) is 2. The van der Waals surface area contributed by atoms with E-state index in [0.29, 0.717) is 5.92 Å². The van der Waals surface area contributed by atoms with E-state index in [1.165, 1.54) is 13.5 Å². The minimum absolute atomic E-state index is 0.0194. The molecule has 2 N–H and O–H groups in total. The average Bonchev–Trinajstić information content (AvgIpc) is 2.47. The lowest BCUT2D eigenvalue weighted by Gasteiger charge is -2.29. The molecule has 6 heteroatoms. The van der Waals surface area contributed by atoms with E-state index in [-0.39, 0.29) is 24.2 Å². The lowest BCUT2D eigenvalue weighted by molar-refractivity contribution is -0.120. The number of methoxy groups -OCH3 is 1. The van der Waals surface area contributed by atoms with E-state index >= 15 is 0 Å². The Morgan fingerprint density at radius 2 is 1.91 bits per heavy atom. The van der Waals surface area contributed by atoms with E-state index in [9.17, 15) is 13.6 Å². The van der Waals surface area contributed by atoms with Gasteiger partial charge in [-0.2, -0.15) is 0 Å². The van der Waals surface area contributed by atoms with Crippen LogP contribution in [0.15, 0.2) is 12.1 Å². The number of carbonyl (C=O) groups excluding carboxylic acids is 1. The van der Waals surface area contributed by atoms with Gasteiger partial charge in [0.05, 0.1) is 13.7 Å². The monoisotopic (exact) mass is 312 g/mol. The maximum Gasteiger partial charge on any atom is 0.239 e. The lowest BCUT2D eigenvalue weighted by atomic mass is 9.86. The van der Waals surface area contributed by atoms with Gasteiger partial charge in [-0.3, -0.25) is 4.79 Å². The molecule has 2 unspecified atom stereocenters. The third-order valence-electron chi connectivity index (χ3n) is 4.11. The highest BCUT2D eigenvalue weighted by Crippen LogP contribution is 2.25. The normalized spacial score (nSPS) is 21.3. The molecule has 122 valence electrons. The SMILES string of the molecule is COc1c(F)cc(NCC(=O)NC2CCCCC2C)cc1F. The van der Waals surface area contributed by atoms with Crippen LogP contribution in [0.3, 0.4) is 0 Å². The first-order valence-corrected chi connectivity index (χ1v) is 7.57. The number of halogens is 2. The summed E-state index contributed by atoms with van der Waals surface area (Å²) in [6.45, 7) is 2.11. The molecule has 0 saturated heterocycles. The van der Waals surface area contributed by atoms with Crippen molar-refractivity contribution < 1.29 is 18.3 Å². The van der Waals surface area contributed by atoms with Crippen LogP contribution in [0, 0.1) is 17.6 Å². The Hall–Kier alpha value is -1.85. The molecule has 0 aromatic heterocycles. The number of hydrogen-bond acceptors (Lipinski definition) is 3. The molecule has 1 saturated carbocycles. The zero-order valence-corrected chi connectivity index (χ0v) is 12.9. The number of carbonyl (C=O) groups is 1. The number of benzene rings is 1. The van der Waals surface area contributed by atoms with Crippen LogP contribution in [-0.2, 0) is 4.79 Å². The molecule has 0 spiro atoms. The van der Waals surface area contributed by atoms with Crippen LogP contribution in [0.2, 0.25) is 0 Å². The Kier molecular flexibility index (Phi) is 5.57. The van der Waals surface area contributed by atoms with Crippen molar-refractivity contribution in [2.24, 2.45) is 5.92 Å². The maximum atomic E-state index is 13.6. The molecule has 2 atom stereocenters. The summed E-state index contributed by atoms with van der Waals surface area (Å²) >= 11 is 0. The minimum atomic E-state index is -0.800. The first-order valence-electron chi connectivity index (χ1n) is 7.57. The fourth-order valence-electron chi connectivity index (χ4n) is 2.83. The standard InChI is InChI=1S/C16H22F2N2O2/c1-10-5-3-4-6-14(10)20-15(21)9-19-11-7-12(17)16(22-2)13(18)8-11/h7-8,10,14,19H,3-6,9H2,1-2H3,(H,20,21). The summed E-state index contributed by atoms with van der Waals surface area (Å²) in [4.78, 5) is 11.9. The molecule has 0 heterocycles. The summed E-state index contributed by atoms with van der Waals surface area (Å²) < 4.78 is 31.7. The molecular weight excluding hydrogens is 290 g/mol. The third-order valence-corrected chi connectivity index (χ3v) is 4.11. The van der Waals surface area contributed by atoms with E-state index in [0.717, 1.165) is 31.4 Å². The van der Waals surface area contributed by atoms with Crippen LogP contribution in [0.25, 0.3) is 0 Å². The number of rotatable bonds is 5. The highest BCUT2D eigenvalue weighted by atomic mass is 19.1. The van der Waals surface area contributed by atoms with Crippen molar-refractivity contribution in [2.45, 2.75) is 38.6 Å². The van der Waals surface area contributed by atoms with Gasteiger partial charge in [0.2, 0.25) is 5.91 Å². The van der Waals surface area contributed by atoms with Crippen molar-refractivity contribution >= 4 is 11.6 Å². The molecule has 0 radical (unpaired) electrons. The Bertz CT molecular complexity index is 514. The summed E-state index contributed by atoms with van der Waals surface area (Å²) in [5.74, 6) is -1.73. The van der Waals surface area contributed by atoms with Crippen molar-refractivity contribution in [2.75, 3.05) is 19.0 Å². The Morgan fingerprint density at radius 1 is 1.27 bits per heavy atom. The summed E-state index contributed by atoms with van der Waals surface area (Å²) in [6, 6.07) is 2.41. The van der Waals surface area contributed by atoms with Gasteiger partial charge in [0.15, 0.2) is 17.4 Å². The molecule has 1 aromatic rings. The second-order valence-electron chi connectivity index (χ2n) is 5.76. The van der Waals surface area contributed by atoms with Gasteiger partial charge in [0, 0.05) is 23.9 Å². The average molecular weight is 312 g/mol. The van der Waals surface area contributed by atoms with Crippen LogP contribution >= 0.6 is 0 Å². The lowest BCUT2D eigenvalue weighted by Crippen LogP contribution is -2.43. The predicted octanol–water partition coefficient (Wildman–Crippen LogP) is 3.08. The van der Waals surface area contributed by atoms with E-state index in [4.69, 9.17) is 0 Å². The summed E-state index contributed by atoms with van der Waals surface area (Å²) in [7, 11) is 1.20. The largest absolute Gasteiger partial charge is 0.491 e. The number of hydrogen-bond donors (Lipinski definition) is 2. The molecule has 22 heavy (non-hydrogen) atoms. The van der Waals surface area contributed by atoms with Crippen LogP contribution < -0.4 is 15.4 Å². The molecule has 1 aliphatic carbocycles. The maximum absolute atomic E-state index is 13.6. The number of amides is 1. The van der Waals surface area contributed by atoms with Gasteiger partial charge in [-0.05, 0) is 18.8 Å². The molecule has 1 fully saturated rings. The van der Waals surface area contributed by atoms with Gasteiger partial charge in [-0.25, -0.2) is 8.78 Å². The van der Waals surface area contributed by atoms with Crippen molar-refractivity contribution in [1.29, 1.82) is 0 Å². The zero-order valence-electron chi connectivity index (χ0n) is 12.9. The third kappa shape index (κ3) is 4.08. The number of anilines is 1. The number of ether oxygens (including phenoxy) is 1. The molecule has 0 aliphatic heterocycles. The zero-order chi connectivity index (χ0) is 16.1. The van der Waals surface area contributed by atoms with E-state index < -0.39 is 17.4 Å². The van der Waals surface area contributed by atoms with Gasteiger partial charge < -0.3 is 15.4 Å². The quantitative estimate of drug-likeness (QED) is 0.878. The summed E-state index contributed by atoms with van der Waals surface area (Å²) in [6.07, 6.45) is 4.43. The van der Waals surface area contributed by atoms with Crippen molar-refractivity contribution in [1.82, 2.24) is 5.32 Å². The van der Waals surface area contributed by atoms with Gasteiger partial charge in [-0.15, -0.1) is 0 Å². The van der Waals surface area contributed by atoms with Crippen molar-refractivity contribution in [3.05, 3.63) is 23.8 Å². The molecular formula is C16H22F2N2O2. The topological polar surface area (TPSA) is 50.4 Å². The van der Waals surface area contributed by atoms with Crippen LogP contribution in [-0.4, -0.2) is 25.6 Å². The van der Waals surface area contributed by atoms with Crippen molar-refractivity contribution in [3.8, 4) is 5.75 Å². The first-order chi connectivity index (χ1) is 10.5. The Labute approximate surface area is 129 Å². The molecule has 2 rings (SSSR count). The molecule has 1 aromatic carbocycles. The second kappa shape index (κ2) is 7.42. The molecule has 4 nitrogen and oxygen atoms in total. The van der Waals surface area contributed by atoms with Gasteiger partial charge in [0.1, 0.15) is 0 Å². The molecule has 1 amide bonds. The minimum Gasteiger partial charge on any atom is -0.491 e. The van der Waals surface area contributed by atoms with E-state index in [1.54, 1.807) is 0 Å². The molecule has 1 aliphatic rings. The summed E-state index contributed by atoms with van der Waals surface area (Å²) in [5.41, 5.74) is 0.211. The van der Waals surface area contributed by atoms with Crippen LogP contribution in [0.1, 0.15) is 32.6 Å². The van der Waals surface area contributed by atoms with E-state index in [1.807, 2.05) is 0 Å². The fraction of sp³-hybridized carbons (Fsp3) is 0.562.